The van der Waals surface area contributed by atoms with E-state index in [0.29, 0.717) is 19.8 Å². The number of hydrogen-bond acceptors (Lipinski definition) is 5. The maximum Gasteiger partial charge on any atom is 0.0900 e. The maximum atomic E-state index is 9.61. The first-order valence-corrected chi connectivity index (χ1v) is 5.44. The topological polar surface area (TPSA) is 65.3 Å². The van der Waals surface area contributed by atoms with Crippen LogP contribution < -0.4 is 0 Å². The molecule has 5 nitrogen and oxygen atoms in total. The first-order chi connectivity index (χ1) is 7.26. The van der Waals surface area contributed by atoms with Crippen LogP contribution in [0.5, 0.6) is 0 Å². The molecule has 15 heavy (non-hydrogen) atoms. The van der Waals surface area contributed by atoms with Gasteiger partial charge in [-0.15, -0.1) is 0 Å². The first kappa shape index (κ1) is 12.4. The van der Waals surface area contributed by atoms with Gasteiger partial charge in [-0.05, 0) is 6.92 Å². The van der Waals surface area contributed by atoms with Crippen molar-refractivity contribution < 1.29 is 15.1 Å². The van der Waals surface area contributed by atoms with Gasteiger partial charge in [0, 0.05) is 39.1 Å². The third-order valence-corrected chi connectivity index (χ3v) is 2.56. The Morgan fingerprint density at radius 2 is 2.13 bits per heavy atom. The van der Waals surface area contributed by atoms with Crippen LogP contribution in [0.15, 0.2) is 5.16 Å². The molecule has 1 saturated heterocycles. The molecule has 0 aromatic heterocycles. The minimum absolute atomic E-state index is 0.397. The molecule has 0 aromatic rings. The van der Waals surface area contributed by atoms with Crippen LogP contribution in [-0.4, -0.2) is 59.9 Å². The molecular formula is C10H20N2O3. The summed E-state index contributed by atoms with van der Waals surface area (Å²) >= 11 is 0. The molecule has 1 aliphatic heterocycles. The molecule has 88 valence electrons. The van der Waals surface area contributed by atoms with Gasteiger partial charge in [-0.2, -0.15) is 0 Å². The lowest BCUT2D eigenvalue weighted by molar-refractivity contribution is 0.0209. The number of aliphatic hydroxyl groups excluding tert-OH is 1. The number of β-amino-alcohol motifs (C(OH)–C–C–N with tert-alkyl or cyclic N) is 1. The third kappa shape index (κ3) is 4.59. The van der Waals surface area contributed by atoms with E-state index in [9.17, 15) is 5.11 Å². The van der Waals surface area contributed by atoms with Crippen molar-refractivity contribution >= 4 is 5.71 Å². The number of rotatable bonds is 5. The number of ether oxygens (including phenoxy) is 1. The fraction of sp³-hybridized carbons (Fsp3) is 0.900. The minimum atomic E-state index is -0.419. The Balaban J connectivity index is 2.17. The second kappa shape index (κ2) is 6.76. The lowest BCUT2D eigenvalue weighted by atomic mass is 10.1. The number of piperidine rings is 1. The maximum absolute atomic E-state index is 9.61. The molecule has 1 heterocycles. The van der Waals surface area contributed by atoms with Crippen molar-refractivity contribution in [2.24, 2.45) is 5.16 Å². The molecule has 5 heteroatoms. The van der Waals surface area contributed by atoms with Gasteiger partial charge >= 0.3 is 0 Å². The molecule has 0 saturated carbocycles. The number of likely N-dealkylation sites (tertiary alicyclic amines) is 1. The summed E-state index contributed by atoms with van der Waals surface area (Å²) in [5.41, 5.74) is 0.852. The van der Waals surface area contributed by atoms with Crippen LogP contribution in [0.1, 0.15) is 19.8 Å². The van der Waals surface area contributed by atoms with Gasteiger partial charge in [0.1, 0.15) is 0 Å². The Labute approximate surface area is 90.3 Å². The van der Waals surface area contributed by atoms with Crippen molar-refractivity contribution in [3.8, 4) is 0 Å². The van der Waals surface area contributed by atoms with Crippen molar-refractivity contribution in [2.75, 3.05) is 32.8 Å². The van der Waals surface area contributed by atoms with E-state index in [1.165, 1.54) is 0 Å². The van der Waals surface area contributed by atoms with Crippen LogP contribution in [0.2, 0.25) is 0 Å². The van der Waals surface area contributed by atoms with Gasteiger partial charge in [-0.1, -0.05) is 5.16 Å². The van der Waals surface area contributed by atoms with E-state index in [1.807, 2.05) is 6.92 Å². The second-order valence-electron chi connectivity index (χ2n) is 3.78. The van der Waals surface area contributed by atoms with Crippen LogP contribution >= 0.6 is 0 Å². The quantitative estimate of drug-likeness (QED) is 0.513. The van der Waals surface area contributed by atoms with E-state index in [4.69, 9.17) is 9.94 Å². The SMILES string of the molecule is CCOCC(O)CN1CCC(=NO)CC1. The average Bonchev–Trinajstić information content (AvgIpc) is 2.27. The van der Waals surface area contributed by atoms with Crippen LogP contribution in [0, 0.1) is 0 Å². The molecule has 1 atom stereocenters. The van der Waals surface area contributed by atoms with E-state index < -0.39 is 6.10 Å². The standard InChI is InChI=1S/C10H20N2O3/c1-2-15-8-10(13)7-12-5-3-9(11-14)4-6-12/h10,13-14H,2-8H2,1H3. The Bertz CT molecular complexity index is 199. The summed E-state index contributed by atoms with van der Waals surface area (Å²) in [5.74, 6) is 0. The third-order valence-electron chi connectivity index (χ3n) is 2.56. The lowest BCUT2D eigenvalue weighted by Gasteiger charge is -2.28. The number of nitrogens with zero attached hydrogens (tertiary/aromatic N) is 2. The minimum Gasteiger partial charge on any atom is -0.411 e. The molecule has 2 N–H and O–H groups in total. The summed E-state index contributed by atoms with van der Waals surface area (Å²) in [7, 11) is 0. The molecule has 0 radical (unpaired) electrons. The fourth-order valence-corrected chi connectivity index (χ4v) is 1.70. The normalized spacial score (nSPS) is 20.3. The Hall–Kier alpha value is -0.650. The molecule has 0 bridgehead atoms. The zero-order valence-electron chi connectivity index (χ0n) is 9.22. The van der Waals surface area contributed by atoms with Crippen molar-refractivity contribution in [3.05, 3.63) is 0 Å². The average molecular weight is 216 g/mol. The highest BCUT2D eigenvalue weighted by Crippen LogP contribution is 2.07. The van der Waals surface area contributed by atoms with Crippen LogP contribution in [-0.2, 0) is 4.74 Å². The van der Waals surface area contributed by atoms with Gasteiger partial charge in [0.05, 0.1) is 18.4 Å². The molecule has 1 fully saturated rings. The highest BCUT2D eigenvalue weighted by molar-refractivity contribution is 5.84. The number of hydrogen-bond donors (Lipinski definition) is 2. The summed E-state index contributed by atoms with van der Waals surface area (Å²) < 4.78 is 5.14. The molecule has 0 spiro atoms. The van der Waals surface area contributed by atoms with Crippen LogP contribution in [0.25, 0.3) is 0 Å². The summed E-state index contributed by atoms with van der Waals surface area (Å²) in [6.45, 7) is 5.29. The summed E-state index contributed by atoms with van der Waals surface area (Å²) in [6.07, 6.45) is 1.16. The van der Waals surface area contributed by atoms with E-state index in [1.54, 1.807) is 0 Å². The zero-order chi connectivity index (χ0) is 11.1. The van der Waals surface area contributed by atoms with Crippen molar-refractivity contribution in [3.63, 3.8) is 0 Å². The van der Waals surface area contributed by atoms with E-state index in [0.717, 1.165) is 31.6 Å². The van der Waals surface area contributed by atoms with Gasteiger partial charge in [-0.25, -0.2) is 0 Å². The molecule has 0 amide bonds. The Kier molecular flexibility index (Phi) is 5.60. The fourth-order valence-electron chi connectivity index (χ4n) is 1.70. The monoisotopic (exact) mass is 216 g/mol. The second-order valence-corrected chi connectivity index (χ2v) is 3.78. The largest absolute Gasteiger partial charge is 0.411 e. The van der Waals surface area contributed by atoms with Crippen LogP contribution in [0.4, 0.5) is 0 Å². The Morgan fingerprint density at radius 1 is 1.47 bits per heavy atom. The lowest BCUT2D eigenvalue weighted by Crippen LogP contribution is -2.40. The summed E-state index contributed by atoms with van der Waals surface area (Å²) in [5, 5.41) is 21.4. The summed E-state index contributed by atoms with van der Waals surface area (Å²) in [4.78, 5) is 2.17. The number of aliphatic hydroxyl groups is 1. The number of oxime groups is 1. The smallest absolute Gasteiger partial charge is 0.0900 e. The predicted octanol–water partition coefficient (Wildman–Crippen LogP) is 0.310. The molecule has 1 unspecified atom stereocenters. The van der Waals surface area contributed by atoms with Crippen molar-refractivity contribution in [1.82, 2.24) is 4.90 Å². The molecule has 0 aliphatic carbocycles. The first-order valence-electron chi connectivity index (χ1n) is 5.44. The van der Waals surface area contributed by atoms with E-state index >= 15 is 0 Å². The van der Waals surface area contributed by atoms with Gasteiger partial charge in [0.2, 0.25) is 0 Å². The molecule has 0 aromatic carbocycles. The van der Waals surface area contributed by atoms with Gasteiger partial charge in [0.25, 0.3) is 0 Å². The van der Waals surface area contributed by atoms with E-state index in [-0.39, 0.29) is 0 Å². The molecule has 1 aliphatic rings. The van der Waals surface area contributed by atoms with Gasteiger partial charge in [0.15, 0.2) is 0 Å². The van der Waals surface area contributed by atoms with Gasteiger partial charge in [-0.3, -0.25) is 4.90 Å². The molecular weight excluding hydrogens is 196 g/mol. The highest BCUT2D eigenvalue weighted by atomic mass is 16.5. The summed E-state index contributed by atoms with van der Waals surface area (Å²) in [6, 6.07) is 0. The van der Waals surface area contributed by atoms with Crippen molar-refractivity contribution in [1.29, 1.82) is 0 Å². The predicted molar refractivity (Wildman–Crippen MR) is 57.4 cm³/mol. The Morgan fingerprint density at radius 3 is 2.67 bits per heavy atom. The highest BCUT2D eigenvalue weighted by Gasteiger charge is 2.17. The van der Waals surface area contributed by atoms with Crippen molar-refractivity contribution in [2.45, 2.75) is 25.9 Å². The molecule has 1 rings (SSSR count). The zero-order valence-corrected chi connectivity index (χ0v) is 9.22. The van der Waals surface area contributed by atoms with Gasteiger partial charge < -0.3 is 15.1 Å². The van der Waals surface area contributed by atoms with Crippen LogP contribution in [0.3, 0.4) is 0 Å². The van der Waals surface area contributed by atoms with E-state index in [2.05, 4.69) is 10.1 Å².